The number of fused-ring (bicyclic) bond motifs is 1. The highest BCUT2D eigenvalue weighted by Crippen LogP contribution is 2.38. The van der Waals surface area contributed by atoms with Crippen LogP contribution in [-0.2, 0) is 9.84 Å². The number of nitrogens with zero attached hydrogens (tertiary/aromatic N) is 1. The van der Waals surface area contributed by atoms with Crippen molar-refractivity contribution in [2.45, 2.75) is 9.79 Å². The first-order chi connectivity index (χ1) is 14.3. The summed E-state index contributed by atoms with van der Waals surface area (Å²) in [5.74, 6) is -0.842. The molecule has 1 aromatic heterocycles. The van der Waals surface area contributed by atoms with Crippen LogP contribution in [0.15, 0.2) is 76.7 Å². The Bertz CT molecular complexity index is 1390. The van der Waals surface area contributed by atoms with Crippen molar-refractivity contribution in [1.82, 2.24) is 4.98 Å². The molecule has 0 radical (unpaired) electrons. The Morgan fingerprint density at radius 3 is 2.47 bits per heavy atom. The molecule has 0 aliphatic heterocycles. The van der Waals surface area contributed by atoms with Crippen LogP contribution >= 0.6 is 11.6 Å². The Labute approximate surface area is 176 Å². The second kappa shape index (κ2) is 7.66. The van der Waals surface area contributed by atoms with Gasteiger partial charge in [0.05, 0.1) is 21.9 Å². The van der Waals surface area contributed by atoms with Crippen LogP contribution in [-0.4, -0.2) is 20.5 Å². The summed E-state index contributed by atoms with van der Waals surface area (Å²) in [5.41, 5.74) is 0.431. The van der Waals surface area contributed by atoms with E-state index in [1.807, 2.05) is 0 Å². The van der Waals surface area contributed by atoms with Crippen molar-refractivity contribution >= 4 is 32.3 Å². The van der Waals surface area contributed by atoms with Crippen molar-refractivity contribution in [3.8, 4) is 16.9 Å². The molecule has 152 valence electrons. The number of rotatable bonds is 4. The summed E-state index contributed by atoms with van der Waals surface area (Å²) in [7, 11) is -2.71. The number of halogens is 3. The molecule has 0 atom stereocenters. The molecule has 4 aromatic rings. The van der Waals surface area contributed by atoms with E-state index < -0.39 is 21.5 Å². The number of para-hydroxylation sites is 1. The summed E-state index contributed by atoms with van der Waals surface area (Å²) in [5, 5.41) is 0.368. The zero-order valence-electron chi connectivity index (χ0n) is 15.6. The zero-order valence-corrected chi connectivity index (χ0v) is 17.1. The number of methoxy groups -OCH3 is 1. The minimum absolute atomic E-state index is 0.0107. The minimum atomic E-state index is -4.13. The van der Waals surface area contributed by atoms with E-state index in [-0.39, 0.29) is 36.8 Å². The molecule has 1 heterocycles. The molecule has 0 N–H and O–H groups in total. The molecule has 0 aliphatic rings. The Balaban J connectivity index is 2.06. The fourth-order valence-corrected chi connectivity index (χ4v) is 5.04. The van der Waals surface area contributed by atoms with E-state index >= 15 is 0 Å². The lowest BCUT2D eigenvalue weighted by molar-refractivity contribution is 0.414. The SMILES string of the molecule is COc1ccc(S(=O)(=O)c2cnc3c(F)cccc3c2-c2cccc(F)c2)cc1Cl. The molecule has 0 unspecified atom stereocenters. The highest BCUT2D eigenvalue weighted by atomic mass is 35.5. The highest BCUT2D eigenvalue weighted by Gasteiger charge is 2.26. The Morgan fingerprint density at radius 2 is 1.77 bits per heavy atom. The largest absolute Gasteiger partial charge is 0.495 e. The third-order valence-corrected chi connectivity index (χ3v) is 6.71. The van der Waals surface area contributed by atoms with Gasteiger partial charge >= 0.3 is 0 Å². The van der Waals surface area contributed by atoms with E-state index in [4.69, 9.17) is 16.3 Å². The molecule has 3 aromatic carbocycles. The van der Waals surface area contributed by atoms with Crippen molar-refractivity contribution in [3.63, 3.8) is 0 Å². The third kappa shape index (κ3) is 3.40. The maximum absolute atomic E-state index is 14.3. The molecule has 8 heteroatoms. The Morgan fingerprint density at radius 1 is 1.00 bits per heavy atom. The maximum atomic E-state index is 14.3. The number of sulfone groups is 1. The predicted molar refractivity (Wildman–Crippen MR) is 111 cm³/mol. The van der Waals surface area contributed by atoms with E-state index in [9.17, 15) is 17.2 Å². The van der Waals surface area contributed by atoms with Crippen LogP contribution in [0, 0.1) is 11.6 Å². The van der Waals surface area contributed by atoms with Gasteiger partial charge in [-0.05, 0) is 42.0 Å². The quantitative estimate of drug-likeness (QED) is 0.406. The first-order valence-electron chi connectivity index (χ1n) is 8.74. The molecule has 0 aliphatic carbocycles. The summed E-state index contributed by atoms with van der Waals surface area (Å²) in [6.07, 6.45) is 1.08. The van der Waals surface area contributed by atoms with E-state index in [2.05, 4.69) is 4.98 Å². The van der Waals surface area contributed by atoms with Gasteiger partial charge in [0.15, 0.2) is 0 Å². The number of ether oxygens (including phenoxy) is 1. The molecule has 0 amide bonds. The van der Waals surface area contributed by atoms with Crippen LogP contribution in [0.1, 0.15) is 0 Å². The van der Waals surface area contributed by atoms with Gasteiger partial charge in [-0.25, -0.2) is 17.2 Å². The van der Waals surface area contributed by atoms with Gasteiger partial charge in [0, 0.05) is 17.1 Å². The normalized spacial score (nSPS) is 11.6. The zero-order chi connectivity index (χ0) is 21.5. The number of hydrogen-bond acceptors (Lipinski definition) is 4. The second-order valence-corrected chi connectivity index (χ2v) is 8.77. The van der Waals surface area contributed by atoms with E-state index in [0.29, 0.717) is 5.75 Å². The molecule has 4 nitrogen and oxygen atoms in total. The van der Waals surface area contributed by atoms with Crippen LogP contribution in [0.2, 0.25) is 5.02 Å². The van der Waals surface area contributed by atoms with Gasteiger partial charge in [0.25, 0.3) is 0 Å². The molecule has 0 saturated heterocycles. The molecular formula is C22H14ClF2NO3S. The first kappa shape index (κ1) is 20.3. The molecule has 0 saturated carbocycles. The van der Waals surface area contributed by atoms with E-state index in [1.54, 1.807) is 12.1 Å². The monoisotopic (exact) mass is 445 g/mol. The standard InChI is InChI=1S/C22H14ClF2NO3S/c1-29-19-9-8-15(11-17(19)23)30(27,28)20-12-26-22-16(6-3-7-18(22)25)21(20)13-4-2-5-14(24)10-13/h2-12H,1H3. The van der Waals surface area contributed by atoms with Gasteiger partial charge in [-0.15, -0.1) is 0 Å². The average molecular weight is 446 g/mol. The Kier molecular flexibility index (Phi) is 5.17. The van der Waals surface area contributed by atoms with Crippen molar-refractivity contribution < 1.29 is 21.9 Å². The number of aromatic nitrogens is 1. The molecule has 0 spiro atoms. The predicted octanol–water partition coefficient (Wildman–Crippen LogP) is 5.67. The van der Waals surface area contributed by atoms with Gasteiger partial charge in [-0.1, -0.05) is 35.9 Å². The fourth-order valence-electron chi connectivity index (χ4n) is 3.26. The molecule has 0 fully saturated rings. The third-order valence-electron chi connectivity index (χ3n) is 4.65. The first-order valence-corrected chi connectivity index (χ1v) is 10.6. The fraction of sp³-hybridized carbons (Fsp3) is 0.0455. The lowest BCUT2D eigenvalue weighted by Gasteiger charge is -2.15. The maximum Gasteiger partial charge on any atom is 0.208 e. The van der Waals surface area contributed by atoms with Crippen LogP contribution in [0.3, 0.4) is 0 Å². The van der Waals surface area contributed by atoms with Crippen molar-refractivity contribution in [2.75, 3.05) is 7.11 Å². The van der Waals surface area contributed by atoms with Crippen LogP contribution < -0.4 is 4.74 Å². The average Bonchev–Trinajstić information content (AvgIpc) is 2.73. The summed E-state index contributed by atoms with van der Waals surface area (Å²) in [4.78, 5) is 3.75. The summed E-state index contributed by atoms with van der Waals surface area (Å²) >= 11 is 6.11. The van der Waals surface area contributed by atoms with Gasteiger partial charge in [-0.3, -0.25) is 4.98 Å². The lowest BCUT2D eigenvalue weighted by Crippen LogP contribution is -2.06. The van der Waals surface area contributed by atoms with E-state index in [0.717, 1.165) is 6.20 Å². The van der Waals surface area contributed by atoms with E-state index in [1.165, 1.54) is 55.6 Å². The molecule has 4 rings (SSSR count). The summed E-state index contributed by atoms with van der Waals surface area (Å²) in [6, 6.07) is 13.7. The van der Waals surface area contributed by atoms with Crippen LogP contribution in [0.5, 0.6) is 5.75 Å². The van der Waals surface area contributed by atoms with Crippen LogP contribution in [0.25, 0.3) is 22.0 Å². The van der Waals surface area contributed by atoms with Crippen molar-refractivity contribution in [1.29, 1.82) is 0 Å². The topological polar surface area (TPSA) is 56.3 Å². The van der Waals surface area contributed by atoms with Crippen LogP contribution in [0.4, 0.5) is 8.78 Å². The lowest BCUT2D eigenvalue weighted by atomic mass is 10.0. The molecule has 0 bridgehead atoms. The van der Waals surface area contributed by atoms with Gasteiger partial charge < -0.3 is 4.74 Å². The number of hydrogen-bond donors (Lipinski definition) is 0. The molecule has 30 heavy (non-hydrogen) atoms. The number of pyridine rings is 1. The van der Waals surface area contributed by atoms with Gasteiger partial charge in [0.1, 0.15) is 22.9 Å². The Hall–Kier alpha value is -3.03. The second-order valence-electron chi connectivity index (χ2n) is 6.44. The summed E-state index contributed by atoms with van der Waals surface area (Å²) in [6.45, 7) is 0. The highest BCUT2D eigenvalue weighted by molar-refractivity contribution is 7.91. The summed E-state index contributed by atoms with van der Waals surface area (Å²) < 4.78 is 60.3. The minimum Gasteiger partial charge on any atom is -0.495 e. The van der Waals surface area contributed by atoms with Gasteiger partial charge in [-0.2, -0.15) is 0 Å². The van der Waals surface area contributed by atoms with Crippen molar-refractivity contribution in [3.05, 3.63) is 83.5 Å². The smallest absolute Gasteiger partial charge is 0.208 e. The number of benzene rings is 3. The van der Waals surface area contributed by atoms with Crippen molar-refractivity contribution in [2.24, 2.45) is 0 Å². The van der Waals surface area contributed by atoms with Gasteiger partial charge in [0.2, 0.25) is 9.84 Å². The molecular weight excluding hydrogens is 432 g/mol.